The lowest BCUT2D eigenvalue weighted by atomic mass is 10.1. The average molecular weight is 193 g/mol. The summed E-state index contributed by atoms with van der Waals surface area (Å²) in [5.74, 6) is 1.63. The molecule has 0 aromatic heterocycles. The molecule has 0 fully saturated rings. The minimum absolute atomic E-state index is 0.181. The maximum Gasteiger partial charge on any atom is 0.353 e. The van der Waals surface area contributed by atoms with Crippen molar-refractivity contribution in [2.24, 2.45) is 0 Å². The van der Waals surface area contributed by atoms with E-state index in [1.54, 1.807) is 0 Å². The first kappa shape index (κ1) is 10.8. The highest BCUT2D eigenvalue weighted by Gasteiger charge is 2.17. The number of hydrogen-bond donors (Lipinski definition) is 0. The number of allylic oxidation sites excluding steroid dienone is 4. The van der Waals surface area contributed by atoms with Crippen LogP contribution in [0.25, 0.3) is 0 Å². The van der Waals surface area contributed by atoms with Gasteiger partial charge in [-0.3, -0.25) is 4.42 Å². The summed E-state index contributed by atoms with van der Waals surface area (Å²) in [5, 5.41) is 0. The summed E-state index contributed by atoms with van der Waals surface area (Å²) in [6.07, 6.45) is 5.87. The number of rotatable bonds is 3. The van der Waals surface area contributed by atoms with Gasteiger partial charge in [-0.2, -0.15) is 0 Å². The van der Waals surface area contributed by atoms with Crippen LogP contribution in [0.2, 0.25) is 0 Å². The van der Waals surface area contributed by atoms with Crippen molar-refractivity contribution in [3.05, 3.63) is 36.1 Å². The molecule has 1 aliphatic carbocycles. The number of carbonyl (C=O) groups excluding carboxylic acids is 1. The molecule has 14 heavy (non-hydrogen) atoms. The molecule has 76 valence electrons. The maximum atomic E-state index is 5.55. The lowest BCUT2D eigenvalue weighted by Crippen LogP contribution is -2.09. The first-order chi connectivity index (χ1) is 6.63. The first-order valence-corrected chi connectivity index (χ1v) is 4.89. The van der Waals surface area contributed by atoms with Crippen molar-refractivity contribution in [1.29, 1.82) is 0 Å². The van der Waals surface area contributed by atoms with Gasteiger partial charge in [0.25, 0.3) is 6.61 Å². The molecule has 0 aromatic carbocycles. The molecule has 0 unspecified atom stereocenters. The molecule has 0 atom stereocenters. The molecule has 0 radical (unpaired) electrons. The lowest BCUT2D eigenvalue weighted by Gasteiger charge is -2.11. The van der Waals surface area contributed by atoms with Gasteiger partial charge in [0.1, 0.15) is 5.76 Å². The van der Waals surface area contributed by atoms with Crippen LogP contribution in [0.4, 0.5) is 0 Å². The van der Waals surface area contributed by atoms with E-state index in [1.165, 1.54) is 0 Å². The average Bonchev–Trinajstić information content (AvgIpc) is 2.10. The van der Waals surface area contributed by atoms with Crippen LogP contribution in [-0.4, -0.2) is 18.5 Å². The molecule has 0 heterocycles. The van der Waals surface area contributed by atoms with Gasteiger partial charge in [0.05, 0.1) is 17.8 Å². The number of ether oxygens (including phenoxy) is 1. The Morgan fingerprint density at radius 1 is 1.43 bits per heavy atom. The first-order valence-electron chi connectivity index (χ1n) is 4.89. The third-order valence-electron chi connectivity index (χ3n) is 1.71. The Balaban J connectivity index is 2.80. The predicted octanol–water partition coefficient (Wildman–Crippen LogP) is 2.55. The van der Waals surface area contributed by atoms with Crippen molar-refractivity contribution in [3.8, 4) is 0 Å². The van der Waals surface area contributed by atoms with Gasteiger partial charge in [-0.25, -0.2) is 0 Å². The fourth-order valence-corrected chi connectivity index (χ4v) is 1.17. The van der Waals surface area contributed by atoms with E-state index < -0.39 is 0 Å². The van der Waals surface area contributed by atoms with Gasteiger partial charge in [-0.05, 0) is 26.0 Å². The van der Waals surface area contributed by atoms with Crippen LogP contribution in [0, 0.1) is 0 Å². The Morgan fingerprint density at radius 3 is 2.71 bits per heavy atom. The molecule has 1 rings (SSSR count). The van der Waals surface area contributed by atoms with Crippen molar-refractivity contribution in [3.63, 3.8) is 0 Å². The molecule has 0 saturated carbocycles. The van der Waals surface area contributed by atoms with E-state index in [9.17, 15) is 0 Å². The van der Waals surface area contributed by atoms with E-state index in [4.69, 9.17) is 9.16 Å². The van der Waals surface area contributed by atoms with Crippen molar-refractivity contribution in [2.45, 2.75) is 26.9 Å². The second-order valence-corrected chi connectivity index (χ2v) is 3.37. The summed E-state index contributed by atoms with van der Waals surface area (Å²) in [7, 11) is 0. The normalized spacial score (nSPS) is 19.0. The van der Waals surface area contributed by atoms with Crippen molar-refractivity contribution >= 4 is 5.78 Å². The lowest BCUT2D eigenvalue weighted by molar-refractivity contribution is -0.450. The fourth-order valence-electron chi connectivity index (χ4n) is 1.17. The Labute approximate surface area is 85.3 Å². The molecule has 0 aromatic rings. The second-order valence-electron chi connectivity index (χ2n) is 3.37. The Hall–Kier alpha value is -1.31. The Kier molecular flexibility index (Phi) is 3.69. The quantitative estimate of drug-likeness (QED) is 0.498. The SMILES string of the molecule is C=C1C=CC(OC(C)C)=CC1=[O+]CC. The highest BCUT2D eigenvalue weighted by Crippen LogP contribution is 2.13. The Bertz CT molecular complexity index is 306. The van der Waals surface area contributed by atoms with Crippen LogP contribution in [0.1, 0.15) is 20.8 Å². The van der Waals surface area contributed by atoms with Crippen molar-refractivity contribution in [2.75, 3.05) is 6.61 Å². The summed E-state index contributed by atoms with van der Waals surface area (Å²) in [6.45, 7) is 10.5. The monoisotopic (exact) mass is 193 g/mol. The van der Waals surface area contributed by atoms with Crippen molar-refractivity contribution in [1.82, 2.24) is 0 Å². The van der Waals surface area contributed by atoms with Gasteiger partial charge in [-0.15, -0.1) is 0 Å². The smallest absolute Gasteiger partial charge is 0.353 e. The molecule has 2 nitrogen and oxygen atoms in total. The van der Waals surface area contributed by atoms with Crippen LogP contribution >= 0.6 is 0 Å². The zero-order valence-corrected chi connectivity index (χ0v) is 9.04. The van der Waals surface area contributed by atoms with E-state index in [1.807, 2.05) is 39.0 Å². The Morgan fingerprint density at radius 2 is 2.14 bits per heavy atom. The number of ketones is 1. The highest BCUT2D eigenvalue weighted by molar-refractivity contribution is 6.07. The largest absolute Gasteiger partial charge is 0.491 e. The van der Waals surface area contributed by atoms with E-state index in [2.05, 4.69) is 6.58 Å². The van der Waals surface area contributed by atoms with E-state index in [-0.39, 0.29) is 6.10 Å². The van der Waals surface area contributed by atoms with E-state index in [0.29, 0.717) is 6.61 Å². The molecule has 0 aliphatic heterocycles. The minimum atomic E-state index is 0.181. The van der Waals surface area contributed by atoms with Gasteiger partial charge in [0.15, 0.2) is 0 Å². The van der Waals surface area contributed by atoms with Crippen LogP contribution < -0.4 is 0 Å². The summed E-state index contributed by atoms with van der Waals surface area (Å²) in [5.41, 5.74) is 0.892. The summed E-state index contributed by atoms with van der Waals surface area (Å²) >= 11 is 0. The van der Waals surface area contributed by atoms with Gasteiger partial charge in [-0.1, -0.05) is 6.58 Å². The van der Waals surface area contributed by atoms with E-state index in [0.717, 1.165) is 17.1 Å². The zero-order chi connectivity index (χ0) is 10.6. The molecular formula is C12H17O2+. The van der Waals surface area contributed by atoms with Crippen LogP contribution in [0.3, 0.4) is 0 Å². The maximum absolute atomic E-state index is 5.55. The molecule has 0 saturated heterocycles. The van der Waals surface area contributed by atoms with Crippen molar-refractivity contribution < 1.29 is 9.16 Å². The zero-order valence-electron chi connectivity index (χ0n) is 9.04. The number of hydrogen-bond acceptors (Lipinski definition) is 1. The molecular weight excluding hydrogens is 176 g/mol. The summed E-state index contributed by atoms with van der Waals surface area (Å²) in [4.78, 5) is 0. The van der Waals surface area contributed by atoms with Gasteiger partial charge < -0.3 is 4.74 Å². The van der Waals surface area contributed by atoms with Crippen LogP contribution in [0.5, 0.6) is 0 Å². The second kappa shape index (κ2) is 4.80. The standard InChI is InChI=1S/C12H17O2/c1-5-13-12-8-11(14-9(2)3)7-6-10(12)4/h6-9H,4-5H2,1-3H3/q+1. The van der Waals surface area contributed by atoms with Gasteiger partial charge in [0.2, 0.25) is 0 Å². The van der Waals surface area contributed by atoms with Crippen LogP contribution in [-0.2, 0) is 9.16 Å². The predicted molar refractivity (Wildman–Crippen MR) is 58.1 cm³/mol. The molecule has 2 heteroatoms. The molecule has 1 aliphatic rings. The summed E-state index contributed by atoms with van der Waals surface area (Å²) in [6, 6.07) is 0. The molecule has 0 spiro atoms. The fraction of sp³-hybridized carbons (Fsp3) is 0.417. The van der Waals surface area contributed by atoms with Gasteiger partial charge in [0, 0.05) is 6.92 Å². The van der Waals surface area contributed by atoms with Gasteiger partial charge >= 0.3 is 5.78 Å². The highest BCUT2D eigenvalue weighted by atomic mass is 16.5. The molecule has 0 bridgehead atoms. The van der Waals surface area contributed by atoms with Crippen LogP contribution in [0.15, 0.2) is 36.1 Å². The third kappa shape index (κ3) is 2.87. The van der Waals surface area contributed by atoms with E-state index >= 15 is 0 Å². The third-order valence-corrected chi connectivity index (χ3v) is 1.71. The minimum Gasteiger partial charge on any atom is -0.491 e. The molecule has 0 amide bonds. The topological polar surface area (TPSA) is 20.5 Å². The molecule has 0 N–H and O–H groups in total. The summed E-state index contributed by atoms with van der Waals surface area (Å²) < 4.78 is 11.0.